The van der Waals surface area contributed by atoms with Gasteiger partial charge in [-0.2, -0.15) is 0 Å². The molecule has 3 heteroatoms. The van der Waals surface area contributed by atoms with Crippen molar-refractivity contribution in [2.75, 3.05) is 13.0 Å². The van der Waals surface area contributed by atoms with Gasteiger partial charge >= 0.3 is 5.97 Å². The predicted octanol–water partition coefficient (Wildman–Crippen LogP) is 2.88. The van der Waals surface area contributed by atoms with Crippen LogP contribution in [0.3, 0.4) is 0 Å². The zero-order valence-corrected chi connectivity index (χ0v) is 10.5. The van der Waals surface area contributed by atoms with Gasteiger partial charge in [-0.05, 0) is 30.9 Å². The van der Waals surface area contributed by atoms with Crippen LogP contribution in [-0.4, -0.2) is 19.0 Å². The maximum atomic E-state index is 11.2. The predicted molar refractivity (Wildman–Crippen MR) is 65.9 cm³/mol. The number of hydrogen-bond acceptors (Lipinski definition) is 2. The van der Waals surface area contributed by atoms with Crippen molar-refractivity contribution < 1.29 is 9.53 Å². The molecule has 0 aliphatic carbocycles. The number of aryl methyl sites for hydroxylation is 2. The summed E-state index contributed by atoms with van der Waals surface area (Å²) in [6.07, 6.45) is 2.26. The smallest absolute Gasteiger partial charge is 0.309 e. The van der Waals surface area contributed by atoms with Crippen LogP contribution in [-0.2, 0) is 22.4 Å². The quantitative estimate of drug-likeness (QED) is 0.584. The van der Waals surface area contributed by atoms with Gasteiger partial charge < -0.3 is 4.74 Å². The van der Waals surface area contributed by atoms with E-state index >= 15 is 0 Å². The Morgan fingerprint density at radius 1 is 1.31 bits per heavy atom. The first-order chi connectivity index (χ1) is 7.65. The van der Waals surface area contributed by atoms with Crippen LogP contribution in [0.5, 0.6) is 0 Å². The molecule has 0 N–H and O–H groups in total. The number of methoxy groups -OCH3 is 1. The van der Waals surface area contributed by atoms with Gasteiger partial charge in [-0.1, -0.05) is 23.8 Å². The molecule has 16 heavy (non-hydrogen) atoms. The molecule has 0 aliphatic rings. The Morgan fingerprint density at radius 3 is 2.62 bits per heavy atom. The molecule has 0 fully saturated rings. The molecule has 0 aromatic heterocycles. The number of rotatable bonds is 5. The summed E-state index contributed by atoms with van der Waals surface area (Å²) >= 11 is 5.66. The number of halogens is 1. The van der Waals surface area contributed by atoms with Gasteiger partial charge in [0.25, 0.3) is 0 Å². The summed E-state index contributed by atoms with van der Waals surface area (Å²) in [6.45, 7) is 2.03. The average Bonchev–Trinajstić information content (AvgIpc) is 2.25. The molecule has 0 atom stereocenters. The first kappa shape index (κ1) is 13.0. The molecule has 0 heterocycles. The van der Waals surface area contributed by atoms with Gasteiger partial charge in [0.05, 0.1) is 13.5 Å². The lowest BCUT2D eigenvalue weighted by atomic mass is 10.0. The number of benzene rings is 1. The van der Waals surface area contributed by atoms with Gasteiger partial charge in [-0.25, -0.2) is 0 Å². The summed E-state index contributed by atoms with van der Waals surface area (Å²) < 4.78 is 4.65. The largest absolute Gasteiger partial charge is 0.469 e. The third-order valence-electron chi connectivity index (χ3n) is 2.37. The van der Waals surface area contributed by atoms with Gasteiger partial charge in [0, 0.05) is 5.88 Å². The number of carbonyl (C=O) groups excluding carboxylic acids is 1. The molecule has 0 bridgehead atoms. The summed E-state index contributed by atoms with van der Waals surface area (Å²) in [5, 5.41) is 0. The van der Waals surface area contributed by atoms with Crippen molar-refractivity contribution >= 4 is 17.6 Å². The van der Waals surface area contributed by atoms with Crippen molar-refractivity contribution in [1.29, 1.82) is 0 Å². The van der Waals surface area contributed by atoms with Crippen LogP contribution in [0.15, 0.2) is 18.2 Å². The summed E-state index contributed by atoms with van der Waals surface area (Å²) in [5.41, 5.74) is 3.42. The number of alkyl halides is 1. The zero-order chi connectivity index (χ0) is 12.0. The third kappa shape index (κ3) is 4.23. The Bertz CT molecular complexity index is 361. The van der Waals surface area contributed by atoms with E-state index in [1.807, 2.05) is 13.0 Å². The number of carbonyl (C=O) groups is 1. The van der Waals surface area contributed by atoms with E-state index < -0.39 is 0 Å². The topological polar surface area (TPSA) is 26.3 Å². The number of ether oxygens (including phenoxy) is 1. The molecular formula is C13H17ClO2. The highest BCUT2D eigenvalue weighted by atomic mass is 35.5. The van der Waals surface area contributed by atoms with E-state index in [1.54, 1.807) is 0 Å². The van der Waals surface area contributed by atoms with Crippen LogP contribution < -0.4 is 0 Å². The van der Waals surface area contributed by atoms with Gasteiger partial charge in [0.2, 0.25) is 0 Å². The van der Waals surface area contributed by atoms with E-state index in [0.29, 0.717) is 12.3 Å². The second-order valence-corrected chi connectivity index (χ2v) is 4.25. The van der Waals surface area contributed by atoms with Gasteiger partial charge in [0.1, 0.15) is 0 Å². The second-order valence-electron chi connectivity index (χ2n) is 3.87. The van der Waals surface area contributed by atoms with Crippen LogP contribution in [0, 0.1) is 6.92 Å². The van der Waals surface area contributed by atoms with Crippen molar-refractivity contribution in [3.8, 4) is 0 Å². The molecule has 0 amide bonds. The first-order valence-electron chi connectivity index (χ1n) is 5.38. The highest BCUT2D eigenvalue weighted by Gasteiger charge is 2.04. The Kier molecular flexibility index (Phi) is 5.33. The minimum atomic E-state index is -0.200. The summed E-state index contributed by atoms with van der Waals surface area (Å²) in [5.74, 6) is 0.467. The summed E-state index contributed by atoms with van der Waals surface area (Å²) in [4.78, 5) is 11.2. The summed E-state index contributed by atoms with van der Waals surface area (Å²) in [6, 6.07) is 6.20. The fourth-order valence-electron chi connectivity index (χ4n) is 1.70. The van der Waals surface area contributed by atoms with Crippen molar-refractivity contribution in [3.05, 3.63) is 34.9 Å². The normalized spacial score (nSPS) is 10.2. The summed E-state index contributed by atoms with van der Waals surface area (Å²) in [7, 11) is 1.41. The van der Waals surface area contributed by atoms with Crippen LogP contribution in [0.25, 0.3) is 0 Å². The highest BCUT2D eigenvalue weighted by molar-refractivity contribution is 6.17. The molecule has 1 aromatic rings. The van der Waals surface area contributed by atoms with Gasteiger partial charge in [-0.3, -0.25) is 4.79 Å². The number of esters is 1. The minimum Gasteiger partial charge on any atom is -0.469 e. The highest BCUT2D eigenvalue weighted by Crippen LogP contribution is 2.13. The molecule has 1 aromatic carbocycles. The van der Waals surface area contributed by atoms with Crippen molar-refractivity contribution in [3.63, 3.8) is 0 Å². The van der Waals surface area contributed by atoms with Crippen LogP contribution >= 0.6 is 11.6 Å². The second kappa shape index (κ2) is 6.54. The monoisotopic (exact) mass is 240 g/mol. The van der Waals surface area contributed by atoms with E-state index in [2.05, 4.69) is 16.9 Å². The first-order valence-corrected chi connectivity index (χ1v) is 5.91. The van der Waals surface area contributed by atoms with Crippen LogP contribution in [0.4, 0.5) is 0 Å². The van der Waals surface area contributed by atoms with Crippen LogP contribution in [0.2, 0.25) is 0 Å². The molecule has 0 saturated heterocycles. The van der Waals surface area contributed by atoms with Gasteiger partial charge in [0.15, 0.2) is 0 Å². The molecule has 2 nitrogen and oxygen atoms in total. The third-order valence-corrected chi connectivity index (χ3v) is 2.64. The molecule has 0 unspecified atom stereocenters. The molecular weight excluding hydrogens is 224 g/mol. The fraction of sp³-hybridized carbons (Fsp3) is 0.462. The lowest BCUT2D eigenvalue weighted by molar-refractivity contribution is -0.139. The van der Waals surface area contributed by atoms with Crippen molar-refractivity contribution in [2.45, 2.75) is 26.2 Å². The Labute approximate surface area is 102 Å². The maximum Gasteiger partial charge on any atom is 0.309 e. The van der Waals surface area contributed by atoms with Crippen LogP contribution in [0.1, 0.15) is 23.1 Å². The van der Waals surface area contributed by atoms with Crippen molar-refractivity contribution in [2.24, 2.45) is 0 Å². The molecule has 0 saturated carbocycles. The Morgan fingerprint density at radius 2 is 2.00 bits per heavy atom. The Balaban J connectivity index is 2.77. The Hall–Kier alpha value is -1.02. The molecule has 1 rings (SSSR count). The molecule has 0 radical (unpaired) electrons. The van der Waals surface area contributed by atoms with E-state index in [0.717, 1.165) is 18.4 Å². The zero-order valence-electron chi connectivity index (χ0n) is 9.75. The lowest BCUT2D eigenvalue weighted by Crippen LogP contribution is -2.05. The van der Waals surface area contributed by atoms with E-state index in [9.17, 15) is 4.79 Å². The fourth-order valence-corrected chi connectivity index (χ4v) is 1.84. The SMILES string of the molecule is COC(=O)Cc1cc(C)cc(CCCCl)c1. The number of hydrogen-bond donors (Lipinski definition) is 0. The maximum absolute atomic E-state index is 11.2. The standard InChI is InChI=1S/C13H17ClO2/c1-10-6-11(4-3-5-14)8-12(7-10)9-13(15)16-2/h6-8H,3-5,9H2,1-2H3. The van der Waals surface area contributed by atoms with Crippen molar-refractivity contribution in [1.82, 2.24) is 0 Å². The minimum absolute atomic E-state index is 0.200. The van der Waals surface area contributed by atoms with Gasteiger partial charge in [-0.15, -0.1) is 11.6 Å². The van der Waals surface area contributed by atoms with E-state index in [-0.39, 0.29) is 5.97 Å². The average molecular weight is 241 g/mol. The lowest BCUT2D eigenvalue weighted by Gasteiger charge is -2.06. The van der Waals surface area contributed by atoms with E-state index in [1.165, 1.54) is 18.2 Å². The molecule has 0 spiro atoms. The molecule has 88 valence electrons. The van der Waals surface area contributed by atoms with E-state index in [4.69, 9.17) is 11.6 Å². The molecule has 0 aliphatic heterocycles.